The standard InChI is InChI=1S/C40H49NO3Si/c1-7-20-34(39(43)41(6)37(32-21-12-8-13-22-32)38(42)33-23-14-9-15-24-33)29-31(2)30-44-45(40(3,4)5,35-25-16-10-17-26-35)36-27-18-11-19-28-36/h7-19,21-28,31,34,37-38,42H,1,20,29-30H2,2-6H3/t31-,34+,37-,38-/m1/s1. The molecule has 0 spiro atoms. The smallest absolute Gasteiger partial charge is 0.261 e. The number of hydrogen-bond donors (Lipinski definition) is 1. The second-order valence-corrected chi connectivity index (χ2v) is 17.5. The number of benzene rings is 4. The van der Waals surface area contributed by atoms with Crippen molar-refractivity contribution >= 4 is 24.6 Å². The first-order valence-electron chi connectivity index (χ1n) is 16.0. The zero-order chi connectivity index (χ0) is 32.5. The lowest BCUT2D eigenvalue weighted by atomic mass is 9.89. The first-order chi connectivity index (χ1) is 21.6. The third-order valence-electron chi connectivity index (χ3n) is 8.83. The minimum atomic E-state index is -2.69. The molecule has 0 heterocycles. The quantitative estimate of drug-likeness (QED) is 0.116. The molecule has 0 aromatic heterocycles. The van der Waals surface area contributed by atoms with Gasteiger partial charge in [-0.3, -0.25) is 4.79 Å². The largest absolute Gasteiger partial charge is 0.407 e. The van der Waals surface area contributed by atoms with Gasteiger partial charge in [-0.2, -0.15) is 0 Å². The van der Waals surface area contributed by atoms with E-state index in [0.717, 1.165) is 11.1 Å². The monoisotopic (exact) mass is 619 g/mol. The van der Waals surface area contributed by atoms with Crippen LogP contribution in [-0.2, 0) is 9.22 Å². The SMILES string of the molecule is C=CC[C@@H](C[C@@H](C)CO[Si](c1ccccc1)(c1ccccc1)C(C)(C)C)C(=O)N(C)[C@H](c1ccccc1)[C@H](O)c1ccccc1. The number of hydrogen-bond acceptors (Lipinski definition) is 3. The summed E-state index contributed by atoms with van der Waals surface area (Å²) in [7, 11) is -0.882. The predicted molar refractivity (Wildman–Crippen MR) is 189 cm³/mol. The Balaban J connectivity index is 1.59. The van der Waals surface area contributed by atoms with E-state index in [9.17, 15) is 9.90 Å². The van der Waals surface area contributed by atoms with E-state index in [4.69, 9.17) is 4.43 Å². The van der Waals surface area contributed by atoms with Crippen molar-refractivity contribution in [2.24, 2.45) is 11.8 Å². The van der Waals surface area contributed by atoms with Crippen molar-refractivity contribution in [3.05, 3.63) is 145 Å². The number of carbonyl (C=O) groups is 1. The van der Waals surface area contributed by atoms with E-state index in [1.807, 2.05) is 73.8 Å². The Hall–Kier alpha value is -3.77. The van der Waals surface area contributed by atoms with Gasteiger partial charge in [-0.15, -0.1) is 6.58 Å². The molecular formula is C40H49NO3Si. The molecule has 4 aromatic rings. The molecule has 4 atom stereocenters. The maximum absolute atomic E-state index is 14.3. The number of amides is 1. The average molecular weight is 620 g/mol. The van der Waals surface area contributed by atoms with E-state index < -0.39 is 20.5 Å². The van der Waals surface area contributed by atoms with Gasteiger partial charge < -0.3 is 14.4 Å². The molecule has 1 amide bonds. The number of aliphatic hydroxyl groups is 1. The summed E-state index contributed by atoms with van der Waals surface area (Å²) < 4.78 is 7.21. The van der Waals surface area contributed by atoms with E-state index in [1.54, 1.807) is 4.90 Å². The molecule has 1 N–H and O–H groups in total. The molecule has 0 radical (unpaired) electrons. The molecule has 0 fully saturated rings. The van der Waals surface area contributed by atoms with Gasteiger partial charge in [0.25, 0.3) is 8.32 Å². The maximum Gasteiger partial charge on any atom is 0.261 e. The number of aliphatic hydroxyl groups excluding tert-OH is 1. The highest BCUT2D eigenvalue weighted by atomic mass is 28.4. The first-order valence-corrected chi connectivity index (χ1v) is 17.9. The fourth-order valence-electron chi connectivity index (χ4n) is 6.61. The van der Waals surface area contributed by atoms with Gasteiger partial charge in [0.05, 0.1) is 6.04 Å². The van der Waals surface area contributed by atoms with Crippen LogP contribution in [0.25, 0.3) is 0 Å². The van der Waals surface area contributed by atoms with Crippen LogP contribution in [-0.4, -0.2) is 37.9 Å². The molecule has 0 aliphatic rings. The van der Waals surface area contributed by atoms with Crippen molar-refractivity contribution < 1.29 is 14.3 Å². The summed E-state index contributed by atoms with van der Waals surface area (Å²) in [6, 6.07) is 40.2. The molecule has 5 heteroatoms. The van der Waals surface area contributed by atoms with Gasteiger partial charge in [0.2, 0.25) is 5.91 Å². The van der Waals surface area contributed by atoms with E-state index in [2.05, 4.69) is 94.9 Å². The van der Waals surface area contributed by atoms with E-state index >= 15 is 0 Å². The summed E-state index contributed by atoms with van der Waals surface area (Å²) in [6.07, 6.45) is 2.16. The van der Waals surface area contributed by atoms with Gasteiger partial charge in [-0.25, -0.2) is 0 Å². The van der Waals surface area contributed by atoms with Crippen molar-refractivity contribution in [3.63, 3.8) is 0 Å². The topological polar surface area (TPSA) is 49.8 Å². The van der Waals surface area contributed by atoms with Crippen LogP contribution in [0.5, 0.6) is 0 Å². The van der Waals surface area contributed by atoms with Gasteiger partial charge in [0, 0.05) is 19.6 Å². The molecule has 236 valence electrons. The van der Waals surface area contributed by atoms with Crippen LogP contribution in [0, 0.1) is 11.8 Å². The van der Waals surface area contributed by atoms with Crippen LogP contribution in [0.1, 0.15) is 63.8 Å². The minimum Gasteiger partial charge on any atom is -0.407 e. The first kappa shape index (κ1) is 34.1. The second-order valence-electron chi connectivity index (χ2n) is 13.2. The number of likely N-dealkylation sites (N-methyl/N-ethyl adjacent to an activating group) is 1. The van der Waals surface area contributed by atoms with E-state index in [-0.39, 0.29) is 22.8 Å². The molecule has 4 rings (SSSR count). The molecule has 0 saturated carbocycles. The molecular weight excluding hydrogens is 571 g/mol. The van der Waals surface area contributed by atoms with E-state index in [1.165, 1.54) is 10.4 Å². The number of carbonyl (C=O) groups excluding carboxylic acids is 1. The maximum atomic E-state index is 14.3. The van der Waals surface area contributed by atoms with Crippen LogP contribution in [0.2, 0.25) is 5.04 Å². The molecule has 4 nitrogen and oxygen atoms in total. The molecule has 4 aromatic carbocycles. The molecule has 0 saturated heterocycles. The highest BCUT2D eigenvalue weighted by molar-refractivity contribution is 6.99. The van der Waals surface area contributed by atoms with Gasteiger partial charge in [-0.1, -0.05) is 155 Å². The second kappa shape index (κ2) is 15.5. The summed E-state index contributed by atoms with van der Waals surface area (Å²) in [4.78, 5) is 16.0. The number of nitrogens with zero attached hydrogens (tertiary/aromatic N) is 1. The Morgan fingerprint density at radius 3 is 1.71 bits per heavy atom. The summed E-state index contributed by atoms with van der Waals surface area (Å²) in [5.74, 6) is -0.182. The van der Waals surface area contributed by atoms with Crippen LogP contribution in [0.15, 0.2) is 134 Å². The molecule has 0 aliphatic heterocycles. The lowest BCUT2D eigenvalue weighted by Crippen LogP contribution is -2.66. The summed E-state index contributed by atoms with van der Waals surface area (Å²) >= 11 is 0. The molecule has 0 aliphatic carbocycles. The van der Waals surface area contributed by atoms with E-state index in [0.29, 0.717) is 19.4 Å². The van der Waals surface area contributed by atoms with Crippen molar-refractivity contribution in [1.82, 2.24) is 4.90 Å². The lowest BCUT2D eigenvalue weighted by Gasteiger charge is -2.43. The Labute approximate surface area is 271 Å². The molecule has 0 bridgehead atoms. The van der Waals surface area contributed by atoms with Crippen molar-refractivity contribution in [1.29, 1.82) is 0 Å². The van der Waals surface area contributed by atoms with Gasteiger partial charge in [0.1, 0.15) is 6.10 Å². The number of rotatable bonds is 14. The van der Waals surface area contributed by atoms with Crippen molar-refractivity contribution in [3.8, 4) is 0 Å². The normalized spacial score (nSPS) is 14.6. The third kappa shape index (κ3) is 7.91. The fraction of sp³-hybridized carbons (Fsp3) is 0.325. The summed E-state index contributed by atoms with van der Waals surface area (Å²) in [6.45, 7) is 13.5. The minimum absolute atomic E-state index is 0.00367. The van der Waals surface area contributed by atoms with Crippen LogP contribution in [0.3, 0.4) is 0 Å². The van der Waals surface area contributed by atoms with Crippen LogP contribution < -0.4 is 10.4 Å². The van der Waals surface area contributed by atoms with Gasteiger partial charge in [-0.05, 0) is 45.3 Å². The van der Waals surface area contributed by atoms with Crippen molar-refractivity contribution in [2.75, 3.05) is 13.7 Å². The summed E-state index contributed by atoms with van der Waals surface area (Å²) in [5.41, 5.74) is 1.67. The van der Waals surface area contributed by atoms with Crippen LogP contribution in [0.4, 0.5) is 0 Å². The highest BCUT2D eigenvalue weighted by Gasteiger charge is 2.50. The Morgan fingerprint density at radius 1 is 0.822 bits per heavy atom. The van der Waals surface area contributed by atoms with Crippen molar-refractivity contribution in [2.45, 2.75) is 57.7 Å². The zero-order valence-electron chi connectivity index (χ0n) is 27.5. The molecule has 0 unspecified atom stereocenters. The average Bonchev–Trinajstić information content (AvgIpc) is 3.06. The summed E-state index contributed by atoms with van der Waals surface area (Å²) in [5, 5.41) is 14.0. The van der Waals surface area contributed by atoms with Gasteiger partial charge in [0.15, 0.2) is 0 Å². The Morgan fingerprint density at radius 2 is 1.27 bits per heavy atom. The Bertz CT molecular complexity index is 1430. The third-order valence-corrected chi connectivity index (χ3v) is 13.8. The highest BCUT2D eigenvalue weighted by Crippen LogP contribution is 2.38. The fourth-order valence-corrected chi connectivity index (χ4v) is 11.3. The van der Waals surface area contributed by atoms with Gasteiger partial charge >= 0.3 is 0 Å². The predicted octanol–water partition coefficient (Wildman–Crippen LogP) is 7.71. The zero-order valence-corrected chi connectivity index (χ0v) is 28.5. The number of allylic oxidation sites excluding steroid dienone is 1. The lowest BCUT2D eigenvalue weighted by molar-refractivity contribution is -0.139. The van der Waals surface area contributed by atoms with Crippen LogP contribution >= 0.6 is 0 Å². The molecule has 45 heavy (non-hydrogen) atoms. The Kier molecular flexibility index (Phi) is 11.7.